The Morgan fingerprint density at radius 3 is 2.61 bits per heavy atom. The first-order valence-corrected chi connectivity index (χ1v) is 6.75. The highest BCUT2D eigenvalue weighted by Crippen LogP contribution is 2.16. The molecule has 2 aromatic carbocycles. The second-order valence-electron chi connectivity index (χ2n) is 4.69. The molecule has 0 spiro atoms. The number of amides is 1. The van der Waals surface area contributed by atoms with E-state index in [1.807, 2.05) is 30.3 Å². The minimum absolute atomic E-state index is 0.00810. The lowest BCUT2D eigenvalue weighted by molar-refractivity contribution is 0.0949. The van der Waals surface area contributed by atoms with Crippen molar-refractivity contribution in [2.75, 3.05) is 0 Å². The van der Waals surface area contributed by atoms with E-state index in [4.69, 9.17) is 4.52 Å². The van der Waals surface area contributed by atoms with E-state index in [0.717, 1.165) is 17.7 Å². The van der Waals surface area contributed by atoms with Crippen LogP contribution in [0.2, 0.25) is 0 Å². The molecule has 23 heavy (non-hydrogen) atoms. The van der Waals surface area contributed by atoms with Gasteiger partial charge >= 0.3 is 0 Å². The monoisotopic (exact) mass is 315 g/mol. The van der Waals surface area contributed by atoms with Crippen LogP contribution in [0.1, 0.15) is 16.2 Å². The molecule has 7 heteroatoms. The highest BCUT2D eigenvalue weighted by molar-refractivity contribution is 5.94. The number of carbonyl (C=O) groups is 1. The maximum atomic E-state index is 13.1. The second-order valence-corrected chi connectivity index (χ2v) is 4.69. The molecule has 3 rings (SSSR count). The summed E-state index contributed by atoms with van der Waals surface area (Å²) >= 11 is 0. The van der Waals surface area contributed by atoms with Crippen LogP contribution >= 0.6 is 0 Å². The highest BCUT2D eigenvalue weighted by atomic mass is 19.2. The predicted octanol–water partition coefficient (Wildman–Crippen LogP) is 2.94. The van der Waals surface area contributed by atoms with Gasteiger partial charge in [-0.05, 0) is 30.3 Å². The lowest BCUT2D eigenvalue weighted by Crippen LogP contribution is -2.23. The molecular formula is C16H11F2N3O2. The molecule has 1 N–H and O–H groups in total. The molecule has 3 aromatic rings. The lowest BCUT2D eigenvalue weighted by Gasteiger charge is -2.02. The van der Waals surface area contributed by atoms with Gasteiger partial charge in [-0.15, -0.1) is 0 Å². The van der Waals surface area contributed by atoms with Crippen molar-refractivity contribution in [3.8, 4) is 11.5 Å². The zero-order valence-corrected chi connectivity index (χ0v) is 11.8. The standard InChI is InChI=1S/C16H11F2N3O2/c17-12-7-6-11(8-13(12)18)15(22)19-9-14-20-16(23-21-14)10-4-2-1-3-5-10/h1-8H,9H2,(H,19,22). The summed E-state index contributed by atoms with van der Waals surface area (Å²) in [6, 6.07) is 12.1. The minimum Gasteiger partial charge on any atom is -0.345 e. The van der Waals surface area contributed by atoms with E-state index in [1.54, 1.807) is 0 Å². The van der Waals surface area contributed by atoms with Gasteiger partial charge in [0.05, 0.1) is 6.54 Å². The van der Waals surface area contributed by atoms with Gasteiger partial charge in [-0.1, -0.05) is 23.4 Å². The summed E-state index contributed by atoms with van der Waals surface area (Å²) in [5, 5.41) is 6.27. The van der Waals surface area contributed by atoms with Crippen LogP contribution in [0.25, 0.3) is 11.5 Å². The van der Waals surface area contributed by atoms with Crippen LogP contribution in [0.15, 0.2) is 53.1 Å². The molecule has 0 atom stereocenters. The van der Waals surface area contributed by atoms with Gasteiger partial charge < -0.3 is 9.84 Å². The average molecular weight is 315 g/mol. The first-order valence-electron chi connectivity index (χ1n) is 6.75. The van der Waals surface area contributed by atoms with Crippen molar-refractivity contribution < 1.29 is 18.1 Å². The molecule has 1 heterocycles. The highest BCUT2D eigenvalue weighted by Gasteiger charge is 2.12. The van der Waals surface area contributed by atoms with Gasteiger partial charge in [-0.3, -0.25) is 4.79 Å². The number of carbonyl (C=O) groups excluding carboxylic acids is 1. The first kappa shape index (κ1) is 14.8. The molecule has 1 amide bonds. The number of aromatic nitrogens is 2. The van der Waals surface area contributed by atoms with Crippen LogP contribution in [-0.2, 0) is 6.54 Å². The van der Waals surface area contributed by atoms with Crippen LogP contribution in [0.4, 0.5) is 8.78 Å². The summed E-state index contributed by atoms with van der Waals surface area (Å²) in [4.78, 5) is 16.0. The van der Waals surface area contributed by atoms with Crippen molar-refractivity contribution in [3.63, 3.8) is 0 Å². The van der Waals surface area contributed by atoms with Crippen molar-refractivity contribution in [1.82, 2.24) is 15.5 Å². The number of nitrogens with one attached hydrogen (secondary N) is 1. The molecule has 5 nitrogen and oxygen atoms in total. The molecule has 0 fully saturated rings. The van der Waals surface area contributed by atoms with Crippen LogP contribution in [0, 0.1) is 11.6 Å². The van der Waals surface area contributed by atoms with Gasteiger partial charge in [-0.25, -0.2) is 8.78 Å². The van der Waals surface area contributed by atoms with Crippen LogP contribution in [0.3, 0.4) is 0 Å². The zero-order valence-electron chi connectivity index (χ0n) is 11.8. The van der Waals surface area contributed by atoms with Crippen LogP contribution < -0.4 is 5.32 Å². The number of benzene rings is 2. The van der Waals surface area contributed by atoms with Crippen LogP contribution in [0.5, 0.6) is 0 Å². The Morgan fingerprint density at radius 1 is 1.09 bits per heavy atom. The molecule has 0 aliphatic heterocycles. The molecule has 0 saturated carbocycles. The number of rotatable bonds is 4. The summed E-state index contributed by atoms with van der Waals surface area (Å²) in [5.74, 6) is -2.03. The zero-order chi connectivity index (χ0) is 16.2. The number of halogens is 2. The van der Waals surface area contributed by atoms with Crippen molar-refractivity contribution in [3.05, 3.63) is 71.6 Å². The van der Waals surface area contributed by atoms with E-state index in [9.17, 15) is 13.6 Å². The molecule has 116 valence electrons. The predicted molar refractivity (Wildman–Crippen MR) is 77.3 cm³/mol. The van der Waals surface area contributed by atoms with Gasteiger partial charge in [0.25, 0.3) is 11.8 Å². The number of hydrogen-bond donors (Lipinski definition) is 1. The van der Waals surface area contributed by atoms with E-state index in [-0.39, 0.29) is 17.9 Å². The van der Waals surface area contributed by atoms with E-state index in [0.29, 0.717) is 5.89 Å². The maximum absolute atomic E-state index is 13.1. The van der Waals surface area contributed by atoms with Gasteiger partial charge in [0, 0.05) is 11.1 Å². The third-order valence-corrected chi connectivity index (χ3v) is 3.08. The molecular weight excluding hydrogens is 304 g/mol. The summed E-state index contributed by atoms with van der Waals surface area (Å²) in [6.07, 6.45) is 0. The Hall–Kier alpha value is -3.09. The van der Waals surface area contributed by atoms with Crippen molar-refractivity contribution in [2.24, 2.45) is 0 Å². The third-order valence-electron chi connectivity index (χ3n) is 3.08. The smallest absolute Gasteiger partial charge is 0.257 e. The Kier molecular flexibility index (Phi) is 4.09. The van der Waals surface area contributed by atoms with Gasteiger partial charge in [0.15, 0.2) is 17.5 Å². The van der Waals surface area contributed by atoms with Gasteiger partial charge in [0.1, 0.15) is 0 Å². The topological polar surface area (TPSA) is 68.0 Å². The van der Waals surface area contributed by atoms with Crippen molar-refractivity contribution in [1.29, 1.82) is 0 Å². The van der Waals surface area contributed by atoms with E-state index in [2.05, 4.69) is 15.5 Å². The Labute approximate surface area is 130 Å². The first-order chi connectivity index (χ1) is 11.1. The summed E-state index contributed by atoms with van der Waals surface area (Å²) < 4.78 is 31.0. The fraction of sp³-hybridized carbons (Fsp3) is 0.0625. The fourth-order valence-corrected chi connectivity index (χ4v) is 1.92. The summed E-state index contributed by atoms with van der Waals surface area (Å²) in [7, 11) is 0. The Balaban J connectivity index is 1.65. The molecule has 0 aliphatic rings. The summed E-state index contributed by atoms with van der Waals surface area (Å²) in [6.45, 7) is 0.00810. The quantitative estimate of drug-likeness (QED) is 0.804. The van der Waals surface area contributed by atoms with Crippen molar-refractivity contribution >= 4 is 5.91 Å². The lowest BCUT2D eigenvalue weighted by atomic mass is 10.2. The minimum atomic E-state index is -1.08. The molecule has 0 aliphatic carbocycles. The largest absolute Gasteiger partial charge is 0.345 e. The number of hydrogen-bond acceptors (Lipinski definition) is 4. The Morgan fingerprint density at radius 2 is 1.87 bits per heavy atom. The van der Waals surface area contributed by atoms with E-state index in [1.165, 1.54) is 6.07 Å². The van der Waals surface area contributed by atoms with Gasteiger partial charge in [0.2, 0.25) is 0 Å². The maximum Gasteiger partial charge on any atom is 0.257 e. The SMILES string of the molecule is O=C(NCc1noc(-c2ccccc2)n1)c1ccc(F)c(F)c1. The normalized spacial score (nSPS) is 10.5. The van der Waals surface area contributed by atoms with E-state index < -0.39 is 17.5 Å². The summed E-state index contributed by atoms with van der Waals surface area (Å²) in [5.41, 5.74) is 0.772. The van der Waals surface area contributed by atoms with E-state index >= 15 is 0 Å². The van der Waals surface area contributed by atoms with Crippen LogP contribution in [-0.4, -0.2) is 16.0 Å². The molecule has 0 bridgehead atoms. The van der Waals surface area contributed by atoms with Gasteiger partial charge in [-0.2, -0.15) is 4.98 Å². The average Bonchev–Trinajstić information content (AvgIpc) is 3.05. The molecule has 0 saturated heterocycles. The third kappa shape index (κ3) is 3.39. The molecule has 1 aromatic heterocycles. The fourth-order valence-electron chi connectivity index (χ4n) is 1.92. The Bertz CT molecular complexity index is 834. The van der Waals surface area contributed by atoms with Crippen molar-refractivity contribution in [2.45, 2.75) is 6.54 Å². The second kappa shape index (κ2) is 6.35. The molecule has 0 unspecified atom stereocenters. The molecule has 0 radical (unpaired) electrons. The number of nitrogens with zero attached hydrogens (tertiary/aromatic N) is 2.